The van der Waals surface area contributed by atoms with Crippen LogP contribution in [0.5, 0.6) is 0 Å². The third-order valence-electron chi connectivity index (χ3n) is 14.7. The first-order valence-electron chi connectivity index (χ1n) is 27.2. The van der Waals surface area contributed by atoms with Gasteiger partial charge in [0.25, 0.3) is 0 Å². The summed E-state index contributed by atoms with van der Waals surface area (Å²) >= 11 is 0. The minimum atomic E-state index is 1.04. The van der Waals surface area contributed by atoms with Crippen molar-refractivity contribution in [3.63, 3.8) is 0 Å². The van der Waals surface area contributed by atoms with Gasteiger partial charge in [-0.1, -0.05) is 263 Å². The number of nitrogens with zero attached hydrogens (tertiary/aromatic N) is 2. The molecule has 0 heterocycles. The second-order valence-electron chi connectivity index (χ2n) is 19.8. The Morgan fingerprint density at radius 3 is 0.803 bits per heavy atom. The molecule has 0 saturated carbocycles. The zero-order chi connectivity index (χ0) is 51.3. The summed E-state index contributed by atoms with van der Waals surface area (Å²) in [6.45, 7) is 2.29. The highest BCUT2D eigenvalue weighted by Gasteiger charge is 2.26. The molecule has 2 heteroatoms. The van der Waals surface area contributed by atoms with E-state index < -0.39 is 0 Å². The van der Waals surface area contributed by atoms with E-state index in [0.29, 0.717) is 0 Å². The predicted octanol–water partition coefficient (Wildman–Crippen LogP) is 21.5. The van der Waals surface area contributed by atoms with Gasteiger partial charge < -0.3 is 9.80 Å². The van der Waals surface area contributed by atoms with Gasteiger partial charge in [0.1, 0.15) is 0 Å². The highest BCUT2D eigenvalue weighted by molar-refractivity contribution is 5.99. The Morgan fingerprint density at radius 2 is 0.487 bits per heavy atom. The van der Waals surface area contributed by atoms with Gasteiger partial charge in [0.15, 0.2) is 0 Å². The average Bonchev–Trinajstić information content (AvgIpc) is 3.51. The number of hydrogen-bond donors (Lipinski definition) is 0. The quantitative estimate of drug-likeness (QED) is 0.0745. The molecule has 370 valence electrons. The molecule has 11 aromatic carbocycles. The van der Waals surface area contributed by atoms with E-state index in [9.17, 15) is 0 Å². The maximum absolute atomic E-state index is 2.47. The number of benzene rings is 11. The zero-order valence-electron chi connectivity index (χ0n) is 43.5. The van der Waals surface area contributed by atoms with Gasteiger partial charge in [-0.2, -0.15) is 0 Å². The van der Waals surface area contributed by atoms with Gasteiger partial charge in [0.2, 0.25) is 0 Å². The van der Waals surface area contributed by atoms with Gasteiger partial charge in [-0.3, -0.25) is 0 Å². The standard InChI is InChI=1S/C74H64N2/c1-2-3-4-5-6-12-23-56-34-36-66(37-35-56)72-55-74(76(69-50-42-63(43-51-69)59-28-17-9-18-29-59)70-52-44-64(45-53-70)60-30-19-10-20-31-60)73(54-71(72)65-32-21-11-22-33-65)75(67-46-38-61(39-47-67)57-24-13-7-14-25-57)68-48-40-62(41-49-68)58-26-15-8-16-27-58/h7-11,13-22,24-55H,2-6,12,23H2,1H3. The summed E-state index contributed by atoms with van der Waals surface area (Å²) in [4.78, 5) is 4.93. The van der Waals surface area contributed by atoms with Crippen LogP contribution in [0, 0.1) is 0 Å². The van der Waals surface area contributed by atoms with E-state index in [1.165, 1.54) is 99.7 Å². The summed E-state index contributed by atoms with van der Waals surface area (Å²) in [5.74, 6) is 0. The van der Waals surface area contributed by atoms with Gasteiger partial charge in [-0.25, -0.2) is 0 Å². The Bertz CT molecular complexity index is 3370. The van der Waals surface area contributed by atoms with E-state index in [-0.39, 0.29) is 0 Å². The number of anilines is 6. The normalized spacial score (nSPS) is 11.1. The monoisotopic (exact) mass is 981 g/mol. The molecule has 0 bridgehead atoms. The lowest BCUT2D eigenvalue weighted by Crippen LogP contribution is -2.17. The summed E-state index contributed by atoms with van der Waals surface area (Å²) < 4.78 is 0. The molecule has 0 amide bonds. The molecule has 76 heavy (non-hydrogen) atoms. The third-order valence-corrected chi connectivity index (χ3v) is 14.7. The van der Waals surface area contributed by atoms with Gasteiger partial charge in [-0.05, 0) is 146 Å². The summed E-state index contributed by atoms with van der Waals surface area (Å²) in [6, 6.07) is 104. The van der Waals surface area contributed by atoms with E-state index in [4.69, 9.17) is 0 Å². The molecule has 0 unspecified atom stereocenters. The van der Waals surface area contributed by atoms with Crippen LogP contribution in [0.1, 0.15) is 51.0 Å². The lowest BCUT2D eigenvalue weighted by molar-refractivity contribution is 0.607. The van der Waals surface area contributed by atoms with Crippen molar-refractivity contribution < 1.29 is 0 Å². The van der Waals surface area contributed by atoms with Crippen LogP contribution in [-0.4, -0.2) is 0 Å². The molecule has 0 spiro atoms. The van der Waals surface area contributed by atoms with Crippen molar-refractivity contribution >= 4 is 34.1 Å². The van der Waals surface area contributed by atoms with Crippen LogP contribution in [-0.2, 0) is 6.42 Å². The van der Waals surface area contributed by atoms with E-state index in [1.807, 2.05) is 0 Å². The molecule has 0 aromatic heterocycles. The molecule has 0 radical (unpaired) electrons. The molecular formula is C74H64N2. The molecule has 2 nitrogen and oxygen atoms in total. The SMILES string of the molecule is CCCCCCCCc1ccc(-c2cc(N(c3ccc(-c4ccccc4)cc3)c3ccc(-c4ccccc4)cc3)c(N(c3ccc(-c4ccccc4)cc3)c3ccc(-c4ccccc4)cc3)cc2-c2ccccc2)cc1. The molecule has 0 fully saturated rings. The summed E-state index contributed by atoms with van der Waals surface area (Å²) in [7, 11) is 0. The van der Waals surface area contributed by atoms with Gasteiger partial charge in [-0.15, -0.1) is 0 Å². The van der Waals surface area contributed by atoms with Crippen molar-refractivity contribution in [1.82, 2.24) is 0 Å². The van der Waals surface area contributed by atoms with E-state index in [0.717, 1.165) is 51.7 Å². The maximum Gasteiger partial charge on any atom is 0.0709 e. The molecule has 11 aromatic rings. The van der Waals surface area contributed by atoms with Crippen molar-refractivity contribution in [2.45, 2.75) is 51.9 Å². The van der Waals surface area contributed by atoms with Crippen molar-refractivity contribution in [3.8, 4) is 66.8 Å². The fraction of sp³-hybridized carbons (Fsp3) is 0.108. The lowest BCUT2D eigenvalue weighted by Gasteiger charge is -2.35. The Kier molecular flexibility index (Phi) is 15.5. The first-order valence-corrected chi connectivity index (χ1v) is 27.2. The average molecular weight is 981 g/mol. The summed E-state index contributed by atoms with van der Waals surface area (Å²) in [5.41, 5.74) is 21.8. The topological polar surface area (TPSA) is 6.48 Å². The Balaban J connectivity index is 1.15. The largest absolute Gasteiger partial charge is 0.308 e. The minimum absolute atomic E-state index is 1.04. The fourth-order valence-electron chi connectivity index (χ4n) is 10.6. The molecule has 0 aliphatic rings. The Morgan fingerprint density at radius 1 is 0.237 bits per heavy atom. The summed E-state index contributed by atoms with van der Waals surface area (Å²) in [6.07, 6.45) is 8.83. The highest BCUT2D eigenvalue weighted by atomic mass is 15.2. The molecular weight excluding hydrogens is 917 g/mol. The number of unbranched alkanes of at least 4 members (excludes halogenated alkanes) is 5. The highest BCUT2D eigenvalue weighted by Crippen LogP contribution is 2.51. The van der Waals surface area contributed by atoms with Crippen molar-refractivity contribution in [2.24, 2.45) is 0 Å². The van der Waals surface area contributed by atoms with Crippen LogP contribution in [0.3, 0.4) is 0 Å². The van der Waals surface area contributed by atoms with Gasteiger partial charge >= 0.3 is 0 Å². The molecule has 0 N–H and O–H groups in total. The van der Waals surface area contributed by atoms with E-state index in [2.05, 4.69) is 302 Å². The predicted molar refractivity (Wildman–Crippen MR) is 326 cm³/mol. The minimum Gasteiger partial charge on any atom is -0.308 e. The lowest BCUT2D eigenvalue weighted by atomic mass is 9.91. The summed E-state index contributed by atoms with van der Waals surface area (Å²) in [5, 5.41) is 0. The van der Waals surface area contributed by atoms with Crippen molar-refractivity contribution in [1.29, 1.82) is 0 Å². The molecule has 0 aliphatic carbocycles. The number of aryl methyl sites for hydroxylation is 1. The van der Waals surface area contributed by atoms with Crippen molar-refractivity contribution in [3.05, 3.63) is 291 Å². The zero-order valence-corrected chi connectivity index (χ0v) is 43.5. The number of hydrogen-bond acceptors (Lipinski definition) is 2. The third kappa shape index (κ3) is 11.4. The van der Waals surface area contributed by atoms with Crippen LogP contribution in [0.4, 0.5) is 34.1 Å². The van der Waals surface area contributed by atoms with Crippen LogP contribution < -0.4 is 9.80 Å². The second-order valence-corrected chi connectivity index (χ2v) is 19.8. The molecule has 0 aliphatic heterocycles. The van der Waals surface area contributed by atoms with Crippen LogP contribution in [0.2, 0.25) is 0 Å². The first kappa shape index (κ1) is 49.2. The van der Waals surface area contributed by atoms with E-state index >= 15 is 0 Å². The van der Waals surface area contributed by atoms with Gasteiger partial charge in [0.05, 0.1) is 11.4 Å². The Hall–Kier alpha value is -8.98. The second kappa shape index (κ2) is 23.9. The smallest absolute Gasteiger partial charge is 0.0709 e. The fourth-order valence-corrected chi connectivity index (χ4v) is 10.6. The van der Waals surface area contributed by atoms with Crippen molar-refractivity contribution in [2.75, 3.05) is 9.80 Å². The molecule has 0 saturated heterocycles. The Labute approximate surface area is 450 Å². The van der Waals surface area contributed by atoms with E-state index in [1.54, 1.807) is 0 Å². The molecule has 11 rings (SSSR count). The molecule has 0 atom stereocenters. The van der Waals surface area contributed by atoms with Gasteiger partial charge in [0, 0.05) is 22.7 Å². The number of rotatable bonds is 19. The van der Waals surface area contributed by atoms with Crippen LogP contribution >= 0.6 is 0 Å². The van der Waals surface area contributed by atoms with Crippen LogP contribution in [0.25, 0.3) is 66.8 Å². The maximum atomic E-state index is 2.47. The first-order chi connectivity index (χ1) is 37.7. The van der Waals surface area contributed by atoms with Crippen LogP contribution in [0.15, 0.2) is 285 Å².